The highest BCUT2D eigenvalue weighted by molar-refractivity contribution is 5.91. The topological polar surface area (TPSA) is 57.8 Å². The summed E-state index contributed by atoms with van der Waals surface area (Å²) in [6.45, 7) is 0. The lowest BCUT2D eigenvalue weighted by molar-refractivity contribution is 0.754. The van der Waals surface area contributed by atoms with E-state index in [1.54, 1.807) is 6.20 Å². The summed E-state index contributed by atoms with van der Waals surface area (Å²) in [7, 11) is 0. The number of rotatable bonds is 2. The van der Waals surface area contributed by atoms with Gasteiger partial charge in [-0.15, -0.1) is 0 Å². The third-order valence-corrected chi connectivity index (χ3v) is 5.39. The maximum Gasteiger partial charge on any atom is 0.257 e. The first kappa shape index (κ1) is 13.8. The molecule has 1 aromatic carbocycles. The fourth-order valence-corrected chi connectivity index (χ4v) is 4.22. The van der Waals surface area contributed by atoms with Crippen LogP contribution in [0.15, 0.2) is 41.3 Å². The van der Waals surface area contributed by atoms with Crippen LogP contribution in [0.4, 0.5) is 5.69 Å². The van der Waals surface area contributed by atoms with E-state index in [1.807, 2.05) is 12.1 Å². The Balaban J connectivity index is 1.66. The number of hydrogen-bond acceptors (Lipinski definition) is 3. The number of fused-ring (bicyclic) bond motifs is 5. The number of nitrogens with zero attached hydrogens (tertiary/aromatic N) is 1. The van der Waals surface area contributed by atoms with Gasteiger partial charge >= 0.3 is 0 Å². The molecule has 120 valence electrons. The minimum absolute atomic E-state index is 0.0566. The molecule has 0 saturated heterocycles. The molecule has 2 N–H and O–H groups in total. The first-order valence-electron chi connectivity index (χ1n) is 8.70. The van der Waals surface area contributed by atoms with Gasteiger partial charge in [-0.2, -0.15) is 0 Å². The van der Waals surface area contributed by atoms with E-state index in [2.05, 4.69) is 33.5 Å². The van der Waals surface area contributed by atoms with E-state index in [0.29, 0.717) is 11.4 Å². The maximum atomic E-state index is 12.4. The SMILES string of the molecule is O=c1[nH]c2c(c3ncccc13)Cc1c(NC3CCCC3)cccc1-2. The van der Waals surface area contributed by atoms with Crippen LogP contribution in [0, 0.1) is 0 Å². The second kappa shape index (κ2) is 5.20. The van der Waals surface area contributed by atoms with Crippen molar-refractivity contribution in [3.63, 3.8) is 0 Å². The minimum Gasteiger partial charge on any atom is -0.382 e. The van der Waals surface area contributed by atoms with E-state index in [1.165, 1.54) is 36.9 Å². The van der Waals surface area contributed by atoms with E-state index < -0.39 is 0 Å². The lowest BCUT2D eigenvalue weighted by Crippen LogP contribution is -2.15. The smallest absolute Gasteiger partial charge is 0.257 e. The Morgan fingerprint density at radius 1 is 1.08 bits per heavy atom. The lowest BCUT2D eigenvalue weighted by atomic mass is 10.1. The number of pyridine rings is 2. The third kappa shape index (κ3) is 1.99. The Morgan fingerprint density at radius 3 is 2.83 bits per heavy atom. The van der Waals surface area contributed by atoms with Crippen molar-refractivity contribution in [3.05, 3.63) is 58.0 Å². The first-order valence-corrected chi connectivity index (χ1v) is 8.70. The quantitative estimate of drug-likeness (QED) is 0.590. The second-order valence-electron chi connectivity index (χ2n) is 6.84. The normalized spacial score (nSPS) is 16.3. The third-order valence-electron chi connectivity index (χ3n) is 5.39. The molecule has 0 radical (unpaired) electrons. The van der Waals surface area contributed by atoms with Crippen molar-refractivity contribution in [2.75, 3.05) is 5.32 Å². The number of aromatic amines is 1. The number of H-pyrrole nitrogens is 1. The van der Waals surface area contributed by atoms with Gasteiger partial charge in [0.25, 0.3) is 5.56 Å². The monoisotopic (exact) mass is 317 g/mol. The predicted octanol–water partition coefficient (Wildman–Crippen LogP) is 3.85. The molecular weight excluding hydrogens is 298 g/mol. The molecular formula is C20H19N3O. The average molecular weight is 317 g/mol. The fraction of sp³-hybridized carbons (Fsp3) is 0.300. The van der Waals surface area contributed by atoms with Gasteiger partial charge in [-0.05, 0) is 36.6 Å². The first-order chi connectivity index (χ1) is 11.8. The highest BCUT2D eigenvalue weighted by Crippen LogP contribution is 2.41. The molecule has 0 atom stereocenters. The van der Waals surface area contributed by atoms with Crippen molar-refractivity contribution in [2.45, 2.75) is 38.1 Å². The zero-order valence-corrected chi connectivity index (χ0v) is 13.4. The summed E-state index contributed by atoms with van der Waals surface area (Å²) in [5.41, 5.74) is 6.49. The molecule has 0 aliphatic heterocycles. The van der Waals surface area contributed by atoms with Crippen LogP contribution in [0.3, 0.4) is 0 Å². The van der Waals surface area contributed by atoms with Gasteiger partial charge in [0.2, 0.25) is 0 Å². The molecule has 2 aliphatic rings. The molecule has 2 aliphatic carbocycles. The zero-order chi connectivity index (χ0) is 16.1. The molecule has 2 aromatic heterocycles. The van der Waals surface area contributed by atoms with E-state index in [9.17, 15) is 4.79 Å². The molecule has 3 aromatic rings. The summed E-state index contributed by atoms with van der Waals surface area (Å²) >= 11 is 0. The largest absolute Gasteiger partial charge is 0.382 e. The molecule has 0 bridgehead atoms. The number of nitrogens with one attached hydrogen (secondary N) is 2. The van der Waals surface area contributed by atoms with Crippen molar-refractivity contribution in [2.24, 2.45) is 0 Å². The summed E-state index contributed by atoms with van der Waals surface area (Å²) in [6.07, 6.45) is 7.72. The Hall–Kier alpha value is -2.62. The molecule has 0 spiro atoms. The Kier molecular flexibility index (Phi) is 2.98. The van der Waals surface area contributed by atoms with Crippen LogP contribution in [-0.2, 0) is 6.42 Å². The number of aromatic nitrogens is 2. The minimum atomic E-state index is -0.0566. The van der Waals surface area contributed by atoms with Crippen molar-refractivity contribution in [1.29, 1.82) is 0 Å². The Morgan fingerprint density at radius 2 is 1.96 bits per heavy atom. The average Bonchev–Trinajstić information content (AvgIpc) is 3.24. The molecule has 2 heterocycles. The van der Waals surface area contributed by atoms with Gasteiger partial charge in [-0.1, -0.05) is 25.0 Å². The van der Waals surface area contributed by atoms with Gasteiger partial charge in [0.15, 0.2) is 0 Å². The molecule has 4 heteroatoms. The van der Waals surface area contributed by atoms with Crippen LogP contribution in [0.25, 0.3) is 22.2 Å². The van der Waals surface area contributed by atoms with E-state index in [4.69, 9.17) is 0 Å². The standard InChI is InChI=1S/C20H19N3O/c24-20-14-8-4-10-21-18(14)16-11-15-13(19(16)23-20)7-3-9-17(15)22-12-5-1-2-6-12/h3-4,7-10,12,22H,1-2,5-6,11H2,(H,23,24). The number of hydrogen-bond donors (Lipinski definition) is 2. The molecule has 4 nitrogen and oxygen atoms in total. The maximum absolute atomic E-state index is 12.4. The van der Waals surface area contributed by atoms with Gasteiger partial charge in [-0.3, -0.25) is 9.78 Å². The fourth-order valence-electron chi connectivity index (χ4n) is 4.22. The molecule has 0 unspecified atom stereocenters. The van der Waals surface area contributed by atoms with Gasteiger partial charge < -0.3 is 10.3 Å². The van der Waals surface area contributed by atoms with Crippen molar-refractivity contribution >= 4 is 16.6 Å². The van der Waals surface area contributed by atoms with Crippen LogP contribution < -0.4 is 10.9 Å². The van der Waals surface area contributed by atoms with Crippen LogP contribution in [0.1, 0.15) is 36.8 Å². The summed E-state index contributed by atoms with van der Waals surface area (Å²) in [5, 5.41) is 4.40. The molecule has 24 heavy (non-hydrogen) atoms. The van der Waals surface area contributed by atoms with Crippen LogP contribution in [0.5, 0.6) is 0 Å². The lowest BCUT2D eigenvalue weighted by Gasteiger charge is -2.16. The molecule has 0 amide bonds. The number of benzene rings is 1. The van der Waals surface area contributed by atoms with E-state index in [0.717, 1.165) is 28.8 Å². The number of anilines is 1. The van der Waals surface area contributed by atoms with Gasteiger partial charge in [0.1, 0.15) is 0 Å². The van der Waals surface area contributed by atoms with E-state index >= 15 is 0 Å². The molecule has 5 rings (SSSR count). The van der Waals surface area contributed by atoms with Gasteiger partial charge in [-0.25, -0.2) is 0 Å². The zero-order valence-electron chi connectivity index (χ0n) is 13.4. The van der Waals surface area contributed by atoms with Gasteiger partial charge in [0, 0.05) is 35.5 Å². The van der Waals surface area contributed by atoms with E-state index in [-0.39, 0.29) is 5.56 Å². The highest BCUT2D eigenvalue weighted by Gasteiger charge is 2.26. The summed E-state index contributed by atoms with van der Waals surface area (Å²) in [6, 6.07) is 10.6. The molecule has 1 fully saturated rings. The van der Waals surface area contributed by atoms with Crippen molar-refractivity contribution in [3.8, 4) is 11.3 Å². The van der Waals surface area contributed by atoms with Crippen molar-refractivity contribution < 1.29 is 0 Å². The Bertz CT molecular complexity index is 999. The summed E-state index contributed by atoms with van der Waals surface area (Å²) in [5.74, 6) is 0. The van der Waals surface area contributed by atoms with Crippen LogP contribution in [0.2, 0.25) is 0 Å². The predicted molar refractivity (Wildman–Crippen MR) is 96.5 cm³/mol. The summed E-state index contributed by atoms with van der Waals surface area (Å²) in [4.78, 5) is 20.0. The second-order valence-corrected chi connectivity index (χ2v) is 6.84. The summed E-state index contributed by atoms with van der Waals surface area (Å²) < 4.78 is 0. The van der Waals surface area contributed by atoms with Gasteiger partial charge in [0.05, 0.1) is 16.6 Å². The Labute approximate surface area is 139 Å². The van der Waals surface area contributed by atoms with Crippen molar-refractivity contribution in [1.82, 2.24) is 9.97 Å². The highest BCUT2D eigenvalue weighted by atomic mass is 16.1. The molecule has 1 saturated carbocycles. The van der Waals surface area contributed by atoms with Crippen LogP contribution in [-0.4, -0.2) is 16.0 Å². The van der Waals surface area contributed by atoms with Crippen LogP contribution >= 0.6 is 0 Å².